The lowest BCUT2D eigenvalue weighted by Crippen LogP contribution is -2.35. The fraction of sp³-hybridized carbons (Fsp3) is 0.381. The zero-order valence-corrected chi connectivity index (χ0v) is 14.7. The summed E-state index contributed by atoms with van der Waals surface area (Å²) in [7, 11) is 0. The van der Waals surface area contributed by atoms with Gasteiger partial charge in [0.1, 0.15) is 0 Å². The number of nitro benzene ring substituents is 1. The molecule has 0 spiro atoms. The fourth-order valence-electron chi connectivity index (χ4n) is 5.75. The molecule has 5 atom stereocenters. The van der Waals surface area contributed by atoms with E-state index in [2.05, 4.69) is 5.32 Å². The van der Waals surface area contributed by atoms with Crippen LogP contribution in [-0.4, -0.2) is 16.0 Å². The average molecular weight is 364 g/mol. The van der Waals surface area contributed by atoms with Gasteiger partial charge in [0.25, 0.3) is 5.69 Å². The molecule has 0 unspecified atom stereocenters. The number of non-ortho nitro benzene ring substituents is 1. The molecule has 2 bridgehead atoms. The molecule has 3 aliphatic rings. The molecule has 2 aromatic carbocycles. The van der Waals surface area contributed by atoms with E-state index >= 15 is 0 Å². The van der Waals surface area contributed by atoms with Crippen LogP contribution in [-0.2, 0) is 0 Å². The fourth-order valence-corrected chi connectivity index (χ4v) is 5.75. The minimum Gasteiger partial charge on any atom is -0.478 e. The summed E-state index contributed by atoms with van der Waals surface area (Å²) in [5.74, 6) is 1.09. The molecule has 6 nitrogen and oxygen atoms in total. The van der Waals surface area contributed by atoms with Gasteiger partial charge >= 0.3 is 5.97 Å². The molecule has 0 radical (unpaired) electrons. The highest BCUT2D eigenvalue weighted by molar-refractivity contribution is 5.88. The lowest BCUT2D eigenvalue weighted by atomic mass is 9.68. The van der Waals surface area contributed by atoms with E-state index in [1.807, 2.05) is 24.3 Å². The van der Waals surface area contributed by atoms with Crippen molar-refractivity contribution in [2.24, 2.45) is 17.8 Å². The van der Waals surface area contributed by atoms with Crippen LogP contribution in [0.5, 0.6) is 0 Å². The van der Waals surface area contributed by atoms with Gasteiger partial charge in [-0.3, -0.25) is 10.1 Å². The van der Waals surface area contributed by atoms with E-state index in [0.29, 0.717) is 29.2 Å². The summed E-state index contributed by atoms with van der Waals surface area (Å²) in [6.45, 7) is 0. The quantitative estimate of drug-likeness (QED) is 0.614. The van der Waals surface area contributed by atoms with E-state index in [1.165, 1.54) is 19.3 Å². The third-order valence-corrected chi connectivity index (χ3v) is 6.80. The number of aromatic carboxylic acids is 1. The summed E-state index contributed by atoms with van der Waals surface area (Å²) in [6.07, 6.45) is 3.61. The highest BCUT2D eigenvalue weighted by Gasteiger charge is 2.53. The molecular weight excluding hydrogens is 344 g/mol. The number of hydrogen-bond donors (Lipinski definition) is 2. The summed E-state index contributed by atoms with van der Waals surface area (Å²) >= 11 is 0. The maximum absolute atomic E-state index is 11.4. The molecule has 1 heterocycles. The van der Waals surface area contributed by atoms with Gasteiger partial charge in [-0.05, 0) is 72.3 Å². The van der Waals surface area contributed by atoms with Crippen LogP contribution in [0.4, 0.5) is 11.4 Å². The lowest BCUT2D eigenvalue weighted by Gasteiger charge is -2.43. The van der Waals surface area contributed by atoms with Crippen molar-refractivity contribution < 1.29 is 14.8 Å². The van der Waals surface area contributed by atoms with Crippen LogP contribution in [0, 0.1) is 27.9 Å². The smallest absolute Gasteiger partial charge is 0.335 e. The molecule has 0 amide bonds. The number of fused-ring (bicyclic) bond motifs is 7. The van der Waals surface area contributed by atoms with Gasteiger partial charge in [-0.1, -0.05) is 12.1 Å². The van der Waals surface area contributed by atoms with E-state index < -0.39 is 5.97 Å². The van der Waals surface area contributed by atoms with Crippen LogP contribution in [0.3, 0.4) is 0 Å². The van der Waals surface area contributed by atoms with Gasteiger partial charge in [0.15, 0.2) is 0 Å². The normalized spacial score (nSPS) is 30.3. The second-order valence-corrected chi connectivity index (χ2v) is 8.01. The highest BCUT2D eigenvalue weighted by atomic mass is 16.6. The molecule has 138 valence electrons. The zero-order chi connectivity index (χ0) is 18.7. The standard InChI is InChI=1S/C21H20N2O4/c24-21(25)14-5-8-17-16(10-14)18-12-1-2-13(9-12)19(18)20(22-17)11-3-6-15(7-4-11)23(26)27/h3-8,10,12-13,18-20,22H,1-2,9H2,(H,24,25)/t12-,13-,18-,19+,20-/m0/s1. The Hall–Kier alpha value is -2.89. The van der Waals surface area contributed by atoms with Crippen molar-refractivity contribution in [2.45, 2.75) is 31.2 Å². The highest BCUT2D eigenvalue weighted by Crippen LogP contribution is 2.63. The van der Waals surface area contributed by atoms with Crippen LogP contribution < -0.4 is 5.32 Å². The van der Waals surface area contributed by atoms with Gasteiger partial charge in [-0.2, -0.15) is 0 Å². The molecule has 2 aliphatic carbocycles. The topological polar surface area (TPSA) is 92.5 Å². The molecule has 2 fully saturated rings. The zero-order valence-electron chi connectivity index (χ0n) is 14.7. The molecule has 2 N–H and O–H groups in total. The number of benzene rings is 2. The largest absolute Gasteiger partial charge is 0.478 e. The van der Waals surface area contributed by atoms with Crippen molar-refractivity contribution in [3.8, 4) is 0 Å². The van der Waals surface area contributed by atoms with Crippen LogP contribution in [0.2, 0.25) is 0 Å². The molecule has 0 aromatic heterocycles. The predicted molar refractivity (Wildman–Crippen MR) is 99.9 cm³/mol. The van der Waals surface area contributed by atoms with E-state index in [-0.39, 0.29) is 16.7 Å². The number of hydrogen-bond acceptors (Lipinski definition) is 4. The number of nitro groups is 1. The van der Waals surface area contributed by atoms with Crippen molar-refractivity contribution in [2.75, 3.05) is 5.32 Å². The Morgan fingerprint density at radius 1 is 1.11 bits per heavy atom. The van der Waals surface area contributed by atoms with Gasteiger partial charge in [-0.15, -0.1) is 0 Å². The number of rotatable bonds is 3. The molecule has 2 aromatic rings. The Kier molecular flexibility index (Phi) is 3.50. The van der Waals surface area contributed by atoms with E-state index in [9.17, 15) is 20.0 Å². The predicted octanol–water partition coefficient (Wildman–Crippen LogP) is 4.59. The number of nitrogens with zero attached hydrogens (tertiary/aromatic N) is 1. The van der Waals surface area contributed by atoms with Crippen LogP contribution in [0.15, 0.2) is 42.5 Å². The number of anilines is 1. The SMILES string of the molecule is O=C(O)c1ccc2c(c1)[C@@H]1[C@H]3CC[C@@H](C3)[C@H]1[C@H](c1ccc([N+](=O)[O-])cc1)N2. The second-order valence-electron chi connectivity index (χ2n) is 8.01. The summed E-state index contributed by atoms with van der Waals surface area (Å²) in [5.41, 5.74) is 3.63. The maximum Gasteiger partial charge on any atom is 0.335 e. The first-order valence-corrected chi connectivity index (χ1v) is 9.41. The van der Waals surface area contributed by atoms with E-state index in [1.54, 1.807) is 18.2 Å². The van der Waals surface area contributed by atoms with Crippen molar-refractivity contribution >= 4 is 17.3 Å². The van der Waals surface area contributed by atoms with Crippen molar-refractivity contribution in [1.29, 1.82) is 0 Å². The van der Waals surface area contributed by atoms with Gasteiger partial charge in [0.05, 0.1) is 16.5 Å². The Morgan fingerprint density at radius 2 is 1.85 bits per heavy atom. The molecular formula is C21H20N2O4. The van der Waals surface area contributed by atoms with E-state index in [0.717, 1.165) is 16.8 Å². The molecule has 1 aliphatic heterocycles. The van der Waals surface area contributed by atoms with Crippen molar-refractivity contribution in [1.82, 2.24) is 0 Å². The second kappa shape index (κ2) is 5.81. The molecule has 2 saturated carbocycles. The number of carbonyl (C=O) groups is 1. The maximum atomic E-state index is 11.4. The first-order valence-electron chi connectivity index (χ1n) is 9.41. The van der Waals surface area contributed by atoms with Gasteiger partial charge in [0, 0.05) is 17.8 Å². The van der Waals surface area contributed by atoms with Gasteiger partial charge < -0.3 is 10.4 Å². The first-order chi connectivity index (χ1) is 13.0. The molecule has 27 heavy (non-hydrogen) atoms. The minimum absolute atomic E-state index is 0.102. The minimum atomic E-state index is -0.894. The van der Waals surface area contributed by atoms with Gasteiger partial charge in [-0.25, -0.2) is 4.79 Å². The Morgan fingerprint density at radius 3 is 2.56 bits per heavy atom. The first kappa shape index (κ1) is 16.3. The third-order valence-electron chi connectivity index (χ3n) is 6.80. The Balaban J connectivity index is 1.58. The molecule has 6 heteroatoms. The number of carboxylic acid groups (broad SMARTS) is 1. The summed E-state index contributed by atoms with van der Waals surface area (Å²) in [4.78, 5) is 22.0. The van der Waals surface area contributed by atoms with Crippen molar-refractivity contribution in [3.05, 3.63) is 69.3 Å². The van der Waals surface area contributed by atoms with Gasteiger partial charge in [0.2, 0.25) is 0 Å². The van der Waals surface area contributed by atoms with Crippen molar-refractivity contribution in [3.63, 3.8) is 0 Å². The Bertz CT molecular complexity index is 940. The van der Waals surface area contributed by atoms with E-state index in [4.69, 9.17) is 0 Å². The van der Waals surface area contributed by atoms with Crippen LogP contribution in [0.1, 0.15) is 52.7 Å². The monoisotopic (exact) mass is 364 g/mol. The Labute approximate surface area is 156 Å². The summed E-state index contributed by atoms with van der Waals surface area (Å²) in [5, 5.41) is 24.0. The summed E-state index contributed by atoms with van der Waals surface area (Å²) < 4.78 is 0. The van der Waals surface area contributed by atoms with Crippen LogP contribution in [0.25, 0.3) is 0 Å². The number of nitrogens with one attached hydrogen (secondary N) is 1. The average Bonchev–Trinajstić information content (AvgIpc) is 3.29. The molecule has 0 saturated heterocycles. The lowest BCUT2D eigenvalue weighted by molar-refractivity contribution is -0.384. The third kappa shape index (κ3) is 2.43. The van der Waals surface area contributed by atoms with Crippen LogP contribution >= 0.6 is 0 Å². The molecule has 5 rings (SSSR count). The summed E-state index contributed by atoms with van der Waals surface area (Å²) in [6, 6.07) is 12.3. The number of carboxylic acids is 1.